The van der Waals surface area contributed by atoms with Crippen LogP contribution >= 0.6 is 0 Å². The highest BCUT2D eigenvalue weighted by Gasteiger charge is 2.07. The van der Waals surface area contributed by atoms with E-state index in [1.54, 1.807) is 12.1 Å². The number of hydrogen-bond donors (Lipinski definition) is 1. The average Bonchev–Trinajstić information content (AvgIpc) is 2.88. The first-order chi connectivity index (χ1) is 9.63. The summed E-state index contributed by atoms with van der Waals surface area (Å²) in [7, 11) is 0. The number of rotatable bonds is 6. The molecular formula is C15H18N2O3. The summed E-state index contributed by atoms with van der Waals surface area (Å²) in [5.41, 5.74) is 2.32. The van der Waals surface area contributed by atoms with Gasteiger partial charge in [-0.05, 0) is 43.7 Å². The lowest BCUT2D eigenvalue weighted by Crippen LogP contribution is -2.06. The van der Waals surface area contributed by atoms with Gasteiger partial charge in [-0.3, -0.25) is 4.68 Å². The zero-order valence-electron chi connectivity index (χ0n) is 11.7. The zero-order valence-corrected chi connectivity index (χ0v) is 11.7. The number of aryl methyl sites for hydroxylation is 2. The van der Waals surface area contributed by atoms with Gasteiger partial charge in [-0.2, -0.15) is 5.10 Å². The van der Waals surface area contributed by atoms with E-state index in [0.29, 0.717) is 12.4 Å². The molecule has 1 heterocycles. The molecule has 0 atom stereocenters. The molecule has 2 aromatic rings. The molecule has 0 aliphatic carbocycles. The van der Waals surface area contributed by atoms with Crippen LogP contribution in [-0.4, -0.2) is 20.9 Å². The number of nitrogens with zero attached hydrogens (tertiary/aromatic N) is 2. The van der Waals surface area contributed by atoms with E-state index in [0.717, 1.165) is 24.4 Å². The molecule has 0 aliphatic rings. The summed E-state index contributed by atoms with van der Waals surface area (Å²) < 4.78 is 7.59. The largest absolute Gasteiger partial charge is 0.487 e. The number of aromatic carboxylic acids is 1. The summed E-state index contributed by atoms with van der Waals surface area (Å²) in [6.07, 6.45) is 0.896. The molecule has 0 spiro atoms. The smallest absolute Gasteiger partial charge is 0.335 e. The van der Waals surface area contributed by atoms with Crippen LogP contribution < -0.4 is 4.74 Å². The van der Waals surface area contributed by atoms with Crippen LogP contribution in [0.1, 0.15) is 35.6 Å². The van der Waals surface area contributed by atoms with E-state index in [2.05, 4.69) is 12.0 Å². The molecule has 106 valence electrons. The lowest BCUT2D eigenvalue weighted by atomic mass is 10.2. The molecular weight excluding hydrogens is 256 g/mol. The molecule has 0 fully saturated rings. The summed E-state index contributed by atoms with van der Waals surface area (Å²) in [6.45, 7) is 5.33. The number of hydrogen-bond acceptors (Lipinski definition) is 3. The Kier molecular flexibility index (Phi) is 4.40. The Balaban J connectivity index is 2.04. The fraction of sp³-hybridized carbons (Fsp3) is 0.333. The van der Waals surface area contributed by atoms with Crippen molar-refractivity contribution in [3.8, 4) is 5.75 Å². The van der Waals surface area contributed by atoms with Gasteiger partial charge in [0.05, 0.1) is 17.0 Å². The van der Waals surface area contributed by atoms with Crippen molar-refractivity contribution in [3.63, 3.8) is 0 Å². The first-order valence-electron chi connectivity index (χ1n) is 6.65. The van der Waals surface area contributed by atoms with Crippen molar-refractivity contribution >= 4 is 5.97 Å². The molecule has 1 aromatic heterocycles. The summed E-state index contributed by atoms with van der Waals surface area (Å²) in [5, 5.41) is 13.3. The van der Waals surface area contributed by atoms with Crippen molar-refractivity contribution in [2.75, 3.05) is 0 Å². The van der Waals surface area contributed by atoms with E-state index < -0.39 is 5.97 Å². The van der Waals surface area contributed by atoms with E-state index in [1.807, 2.05) is 17.7 Å². The minimum atomic E-state index is -0.937. The van der Waals surface area contributed by atoms with Gasteiger partial charge >= 0.3 is 5.97 Å². The molecule has 0 bridgehead atoms. The van der Waals surface area contributed by atoms with Gasteiger partial charge in [-0.1, -0.05) is 6.92 Å². The Bertz CT molecular complexity index is 588. The third kappa shape index (κ3) is 3.17. The summed E-state index contributed by atoms with van der Waals surface area (Å²) in [4.78, 5) is 10.8. The van der Waals surface area contributed by atoms with Gasteiger partial charge in [0.2, 0.25) is 0 Å². The lowest BCUT2D eigenvalue weighted by molar-refractivity contribution is 0.0697. The van der Waals surface area contributed by atoms with Gasteiger partial charge in [0.1, 0.15) is 12.4 Å². The predicted molar refractivity (Wildman–Crippen MR) is 75.0 cm³/mol. The number of benzene rings is 1. The minimum Gasteiger partial charge on any atom is -0.487 e. The van der Waals surface area contributed by atoms with Crippen molar-refractivity contribution in [1.29, 1.82) is 0 Å². The molecule has 2 rings (SSSR count). The number of aromatic nitrogens is 2. The second-order valence-electron chi connectivity index (χ2n) is 4.41. The van der Waals surface area contributed by atoms with Gasteiger partial charge in [-0.25, -0.2) is 4.79 Å². The van der Waals surface area contributed by atoms with E-state index >= 15 is 0 Å². The van der Waals surface area contributed by atoms with Gasteiger partial charge in [0, 0.05) is 6.54 Å². The minimum absolute atomic E-state index is 0.254. The molecule has 20 heavy (non-hydrogen) atoms. The summed E-state index contributed by atoms with van der Waals surface area (Å²) in [5.74, 6) is -0.287. The highest BCUT2D eigenvalue weighted by Crippen LogP contribution is 2.15. The normalized spacial score (nSPS) is 10.5. The SMILES string of the molecule is CCc1cc(COc2ccc(C(=O)O)cc2)n(CC)n1. The lowest BCUT2D eigenvalue weighted by Gasteiger charge is -2.07. The van der Waals surface area contributed by atoms with E-state index in [1.165, 1.54) is 12.1 Å². The number of carboxylic acid groups (broad SMARTS) is 1. The molecule has 1 N–H and O–H groups in total. The van der Waals surface area contributed by atoms with Gasteiger partial charge in [0.15, 0.2) is 0 Å². The third-order valence-corrected chi connectivity index (χ3v) is 3.06. The van der Waals surface area contributed by atoms with Gasteiger partial charge < -0.3 is 9.84 Å². The number of carbonyl (C=O) groups is 1. The van der Waals surface area contributed by atoms with E-state index in [4.69, 9.17) is 9.84 Å². The fourth-order valence-corrected chi connectivity index (χ4v) is 1.93. The topological polar surface area (TPSA) is 64.3 Å². The molecule has 0 amide bonds. The third-order valence-electron chi connectivity index (χ3n) is 3.06. The fourth-order valence-electron chi connectivity index (χ4n) is 1.93. The van der Waals surface area contributed by atoms with Crippen molar-refractivity contribution in [2.45, 2.75) is 33.4 Å². The maximum absolute atomic E-state index is 10.8. The molecule has 0 saturated heterocycles. The van der Waals surface area contributed by atoms with Gasteiger partial charge in [-0.15, -0.1) is 0 Å². The maximum Gasteiger partial charge on any atom is 0.335 e. The van der Waals surface area contributed by atoms with Crippen LogP contribution in [-0.2, 0) is 19.6 Å². The van der Waals surface area contributed by atoms with Crippen molar-refractivity contribution < 1.29 is 14.6 Å². The molecule has 0 radical (unpaired) electrons. The Morgan fingerprint density at radius 2 is 2.00 bits per heavy atom. The quantitative estimate of drug-likeness (QED) is 0.879. The number of ether oxygens (including phenoxy) is 1. The van der Waals surface area contributed by atoms with Crippen molar-refractivity contribution in [3.05, 3.63) is 47.3 Å². The monoisotopic (exact) mass is 274 g/mol. The van der Waals surface area contributed by atoms with Crippen LogP contribution in [0.15, 0.2) is 30.3 Å². The molecule has 1 aromatic carbocycles. The standard InChI is InChI=1S/C15H18N2O3/c1-3-12-9-13(17(4-2)16-12)10-20-14-7-5-11(6-8-14)15(18)19/h5-9H,3-4,10H2,1-2H3,(H,18,19). The van der Waals surface area contributed by atoms with Crippen LogP contribution in [0.5, 0.6) is 5.75 Å². The molecule has 0 unspecified atom stereocenters. The Morgan fingerprint density at radius 1 is 1.30 bits per heavy atom. The maximum atomic E-state index is 10.8. The number of carboxylic acids is 1. The zero-order chi connectivity index (χ0) is 14.5. The van der Waals surface area contributed by atoms with Gasteiger partial charge in [0.25, 0.3) is 0 Å². The first-order valence-corrected chi connectivity index (χ1v) is 6.65. The van der Waals surface area contributed by atoms with Crippen LogP contribution in [0.3, 0.4) is 0 Å². The Morgan fingerprint density at radius 3 is 2.55 bits per heavy atom. The van der Waals surface area contributed by atoms with E-state index in [-0.39, 0.29) is 5.56 Å². The molecule has 0 aliphatic heterocycles. The Hall–Kier alpha value is -2.30. The van der Waals surface area contributed by atoms with Crippen LogP contribution in [0, 0.1) is 0 Å². The predicted octanol–water partition coefficient (Wildman–Crippen LogP) is 2.74. The second kappa shape index (κ2) is 6.23. The van der Waals surface area contributed by atoms with Crippen molar-refractivity contribution in [1.82, 2.24) is 9.78 Å². The van der Waals surface area contributed by atoms with Crippen LogP contribution in [0.2, 0.25) is 0 Å². The molecule has 5 heteroatoms. The first kappa shape index (κ1) is 14.1. The summed E-state index contributed by atoms with van der Waals surface area (Å²) >= 11 is 0. The van der Waals surface area contributed by atoms with Crippen LogP contribution in [0.25, 0.3) is 0 Å². The van der Waals surface area contributed by atoms with E-state index in [9.17, 15) is 4.79 Å². The van der Waals surface area contributed by atoms with Crippen LogP contribution in [0.4, 0.5) is 0 Å². The average molecular weight is 274 g/mol. The highest BCUT2D eigenvalue weighted by molar-refractivity contribution is 5.87. The second-order valence-corrected chi connectivity index (χ2v) is 4.41. The molecule has 0 saturated carbocycles. The Labute approximate surface area is 117 Å². The highest BCUT2D eigenvalue weighted by atomic mass is 16.5. The van der Waals surface area contributed by atoms with Crippen molar-refractivity contribution in [2.24, 2.45) is 0 Å². The summed E-state index contributed by atoms with van der Waals surface area (Å²) in [6, 6.07) is 8.43. The molecule has 5 nitrogen and oxygen atoms in total.